The van der Waals surface area contributed by atoms with Crippen molar-refractivity contribution < 1.29 is 9.90 Å². The van der Waals surface area contributed by atoms with E-state index in [2.05, 4.69) is 21.5 Å². The maximum Gasteiger partial charge on any atom is 0.313 e. The van der Waals surface area contributed by atoms with Crippen molar-refractivity contribution in [1.82, 2.24) is 14.5 Å². The number of aliphatic carboxylic acids is 1. The molecule has 20 heavy (non-hydrogen) atoms. The van der Waals surface area contributed by atoms with Crippen LogP contribution >= 0.6 is 11.8 Å². The monoisotopic (exact) mass is 291 g/mol. The zero-order chi connectivity index (χ0) is 14.3. The molecule has 1 N–H and O–H groups in total. The average Bonchev–Trinajstić information content (AvgIpc) is 3.09. The highest BCUT2D eigenvalue weighted by Gasteiger charge is 2.39. The summed E-state index contributed by atoms with van der Waals surface area (Å²) < 4.78 is 2.14. The maximum atomic E-state index is 10.8. The van der Waals surface area contributed by atoms with E-state index in [1.165, 1.54) is 11.8 Å². The first-order valence-electron chi connectivity index (χ1n) is 6.80. The number of thioether (sulfide) groups is 1. The predicted octanol–water partition coefficient (Wildman–Crippen LogP) is 2.89. The molecule has 0 spiro atoms. The van der Waals surface area contributed by atoms with Gasteiger partial charge in [0.1, 0.15) is 5.52 Å². The second-order valence-electron chi connectivity index (χ2n) is 5.22. The average molecular weight is 291 g/mol. The molecule has 6 heteroatoms. The fourth-order valence-electron chi connectivity index (χ4n) is 2.60. The van der Waals surface area contributed by atoms with Crippen molar-refractivity contribution in [3.05, 3.63) is 17.8 Å². The quantitative estimate of drug-likeness (QED) is 0.858. The van der Waals surface area contributed by atoms with E-state index in [4.69, 9.17) is 5.11 Å². The van der Waals surface area contributed by atoms with E-state index < -0.39 is 5.97 Å². The van der Waals surface area contributed by atoms with E-state index in [0.29, 0.717) is 12.0 Å². The van der Waals surface area contributed by atoms with E-state index in [1.807, 2.05) is 13.0 Å². The predicted molar refractivity (Wildman–Crippen MR) is 78.1 cm³/mol. The van der Waals surface area contributed by atoms with Crippen LogP contribution in [0.4, 0.5) is 0 Å². The summed E-state index contributed by atoms with van der Waals surface area (Å²) in [7, 11) is 0. The number of hydrogen-bond donors (Lipinski definition) is 1. The third-order valence-electron chi connectivity index (χ3n) is 3.81. The zero-order valence-corrected chi connectivity index (χ0v) is 12.4. The van der Waals surface area contributed by atoms with Gasteiger partial charge >= 0.3 is 5.97 Å². The Kier molecular flexibility index (Phi) is 3.41. The highest BCUT2D eigenvalue weighted by atomic mass is 32.2. The van der Waals surface area contributed by atoms with Crippen LogP contribution in [-0.4, -0.2) is 31.4 Å². The van der Waals surface area contributed by atoms with Crippen LogP contribution in [0.15, 0.2) is 17.4 Å². The number of rotatable bonds is 5. The number of aromatic nitrogens is 3. The third-order valence-corrected chi connectivity index (χ3v) is 4.75. The molecule has 0 radical (unpaired) electrons. The summed E-state index contributed by atoms with van der Waals surface area (Å²) in [6.45, 7) is 4.20. The highest BCUT2D eigenvalue weighted by Crippen LogP contribution is 2.48. The Labute approximate surface area is 121 Å². The second-order valence-corrected chi connectivity index (χ2v) is 6.16. The Hall–Kier alpha value is -1.56. The summed E-state index contributed by atoms with van der Waals surface area (Å²) in [6.07, 6.45) is 4.07. The molecule has 106 valence electrons. The van der Waals surface area contributed by atoms with Crippen molar-refractivity contribution >= 4 is 28.9 Å². The zero-order valence-electron chi connectivity index (χ0n) is 11.5. The Morgan fingerprint density at radius 2 is 2.40 bits per heavy atom. The summed E-state index contributed by atoms with van der Waals surface area (Å²) in [5.41, 5.74) is 2.86. The van der Waals surface area contributed by atoms with Crippen LogP contribution in [-0.2, 0) is 4.79 Å². The molecule has 0 aromatic carbocycles. The summed E-state index contributed by atoms with van der Waals surface area (Å²) >= 11 is 1.28. The smallest absolute Gasteiger partial charge is 0.313 e. The van der Waals surface area contributed by atoms with Crippen molar-refractivity contribution in [3.8, 4) is 0 Å². The van der Waals surface area contributed by atoms with Gasteiger partial charge in [0.25, 0.3) is 0 Å². The maximum absolute atomic E-state index is 10.8. The minimum atomic E-state index is -0.818. The molecule has 2 aromatic heterocycles. The van der Waals surface area contributed by atoms with Crippen LogP contribution < -0.4 is 0 Å². The minimum absolute atomic E-state index is 0.0336. The first kappa shape index (κ1) is 13.4. The molecule has 2 atom stereocenters. The van der Waals surface area contributed by atoms with Crippen LogP contribution in [0, 0.1) is 12.8 Å². The lowest BCUT2D eigenvalue weighted by atomic mass is 10.3. The van der Waals surface area contributed by atoms with Gasteiger partial charge in [-0.05, 0) is 30.9 Å². The number of carbonyl (C=O) groups is 1. The van der Waals surface area contributed by atoms with Crippen molar-refractivity contribution in [2.45, 2.75) is 37.9 Å². The first-order valence-corrected chi connectivity index (χ1v) is 7.78. The standard InChI is InChI=1S/C14H17N3O2S/c1-3-9-6-10(9)17-13-12(8(2)4-5-15-13)16-14(17)20-7-11(18)19/h4-5,9-10H,3,6-7H2,1-2H3,(H,18,19). The topological polar surface area (TPSA) is 68.0 Å². The molecule has 1 fully saturated rings. The van der Waals surface area contributed by atoms with Crippen LogP contribution in [0.3, 0.4) is 0 Å². The highest BCUT2D eigenvalue weighted by molar-refractivity contribution is 7.99. The number of carboxylic acids is 1. The number of fused-ring (bicyclic) bond motifs is 1. The number of imidazole rings is 1. The molecule has 0 saturated heterocycles. The molecule has 2 heterocycles. The number of nitrogens with zero attached hydrogens (tertiary/aromatic N) is 3. The van der Waals surface area contributed by atoms with Crippen LogP contribution in [0.25, 0.3) is 11.2 Å². The first-order chi connectivity index (χ1) is 9.61. The van der Waals surface area contributed by atoms with Gasteiger partial charge in [0.05, 0.1) is 5.75 Å². The Bertz CT molecular complexity index is 668. The summed E-state index contributed by atoms with van der Waals surface area (Å²) in [5.74, 6) is -0.119. The lowest BCUT2D eigenvalue weighted by molar-refractivity contribution is -0.133. The van der Waals surface area contributed by atoms with Gasteiger partial charge in [-0.2, -0.15) is 0 Å². The van der Waals surface area contributed by atoms with Gasteiger partial charge in [-0.25, -0.2) is 9.97 Å². The van der Waals surface area contributed by atoms with E-state index in [1.54, 1.807) is 6.20 Å². The van der Waals surface area contributed by atoms with Gasteiger partial charge < -0.3 is 9.67 Å². The largest absolute Gasteiger partial charge is 0.481 e. The summed E-state index contributed by atoms with van der Waals surface area (Å²) in [5, 5.41) is 9.66. The molecule has 1 aliphatic carbocycles. The van der Waals surface area contributed by atoms with E-state index >= 15 is 0 Å². The summed E-state index contributed by atoms with van der Waals surface area (Å²) in [6, 6.07) is 2.37. The molecule has 0 aliphatic heterocycles. The van der Waals surface area contributed by atoms with Gasteiger partial charge in [0, 0.05) is 12.2 Å². The second kappa shape index (κ2) is 5.09. The molecule has 3 rings (SSSR count). The molecule has 2 aromatic rings. The molecular weight excluding hydrogens is 274 g/mol. The Balaban J connectivity index is 2.05. The van der Waals surface area contributed by atoms with Crippen molar-refractivity contribution in [3.63, 3.8) is 0 Å². The lowest BCUT2D eigenvalue weighted by Crippen LogP contribution is -2.03. The molecule has 0 amide bonds. The van der Waals surface area contributed by atoms with Gasteiger partial charge in [-0.15, -0.1) is 0 Å². The molecular formula is C14H17N3O2S. The Morgan fingerprint density at radius 3 is 3.05 bits per heavy atom. The van der Waals surface area contributed by atoms with Crippen molar-refractivity contribution in [2.24, 2.45) is 5.92 Å². The minimum Gasteiger partial charge on any atom is -0.481 e. The number of hydrogen-bond acceptors (Lipinski definition) is 4. The Morgan fingerprint density at radius 1 is 1.60 bits per heavy atom. The van der Waals surface area contributed by atoms with E-state index in [9.17, 15) is 4.79 Å². The van der Waals surface area contributed by atoms with Gasteiger partial charge in [-0.1, -0.05) is 25.1 Å². The molecule has 1 aliphatic rings. The SMILES string of the molecule is CCC1CC1n1c(SCC(=O)O)nc2c(C)ccnc21. The fourth-order valence-corrected chi connectivity index (χ4v) is 3.37. The van der Waals surface area contributed by atoms with E-state index in [-0.39, 0.29) is 5.75 Å². The molecule has 1 saturated carbocycles. The van der Waals surface area contributed by atoms with Gasteiger partial charge in [0.2, 0.25) is 0 Å². The number of pyridine rings is 1. The van der Waals surface area contributed by atoms with Crippen molar-refractivity contribution in [2.75, 3.05) is 5.75 Å². The van der Waals surface area contributed by atoms with Crippen LogP contribution in [0.1, 0.15) is 31.4 Å². The lowest BCUT2D eigenvalue weighted by Gasteiger charge is -2.06. The number of aryl methyl sites for hydroxylation is 1. The third kappa shape index (κ3) is 2.28. The summed E-state index contributed by atoms with van der Waals surface area (Å²) in [4.78, 5) is 19.9. The fraction of sp³-hybridized carbons (Fsp3) is 0.500. The normalized spacial score (nSPS) is 21.3. The van der Waals surface area contributed by atoms with Gasteiger partial charge in [0.15, 0.2) is 10.8 Å². The van der Waals surface area contributed by atoms with E-state index in [0.717, 1.165) is 34.7 Å². The molecule has 0 bridgehead atoms. The molecule has 5 nitrogen and oxygen atoms in total. The van der Waals surface area contributed by atoms with Crippen LogP contribution in [0.2, 0.25) is 0 Å². The van der Waals surface area contributed by atoms with Crippen molar-refractivity contribution in [1.29, 1.82) is 0 Å². The van der Waals surface area contributed by atoms with Gasteiger partial charge in [-0.3, -0.25) is 4.79 Å². The number of carboxylic acid groups (broad SMARTS) is 1. The van der Waals surface area contributed by atoms with Crippen LogP contribution in [0.5, 0.6) is 0 Å². The molecule has 2 unspecified atom stereocenters.